The average molecular weight is 552 g/mol. The summed E-state index contributed by atoms with van der Waals surface area (Å²) < 4.78 is 0. The second kappa shape index (κ2) is 15.5. The van der Waals surface area contributed by atoms with E-state index in [0.717, 1.165) is 10.4 Å². The summed E-state index contributed by atoms with van der Waals surface area (Å²) in [6, 6.07) is 9.42. The van der Waals surface area contributed by atoms with E-state index < -0.39 is 17.9 Å². The van der Waals surface area contributed by atoms with E-state index in [2.05, 4.69) is 23.1 Å². The Kier molecular flexibility index (Phi) is 12.4. The van der Waals surface area contributed by atoms with Gasteiger partial charge in [-0.05, 0) is 55.3 Å². The number of benzene rings is 1. The number of carboxylic acids is 1. The lowest BCUT2D eigenvalue weighted by Crippen LogP contribution is -2.47. The number of allylic oxidation sites excluding steroid dienone is 1. The molecule has 3 atom stereocenters. The van der Waals surface area contributed by atoms with Crippen LogP contribution >= 0.6 is 11.3 Å². The predicted octanol–water partition coefficient (Wildman–Crippen LogP) is 4.27. The number of hydrogen-bond acceptors (Lipinski definition) is 6. The Bertz CT molecular complexity index is 1180. The number of nitrogens with one attached hydrogen (secondary N) is 2. The number of nitrogens with zero attached hydrogens (tertiary/aromatic N) is 1. The molecule has 3 N–H and O–H groups in total. The smallest absolute Gasteiger partial charge is 0.339 e. The monoisotopic (exact) mass is 551 g/mol. The van der Waals surface area contributed by atoms with Crippen LogP contribution in [0.3, 0.4) is 0 Å². The maximum atomic E-state index is 12.9. The van der Waals surface area contributed by atoms with E-state index >= 15 is 0 Å². The molecule has 0 aliphatic heterocycles. The molecule has 9 heteroatoms. The fraction of sp³-hybridized carbons (Fsp3) is 0.400. The van der Waals surface area contributed by atoms with E-state index in [4.69, 9.17) is 6.42 Å². The van der Waals surface area contributed by atoms with Gasteiger partial charge < -0.3 is 20.6 Å². The third-order valence-electron chi connectivity index (χ3n) is 6.16. The lowest BCUT2D eigenvalue weighted by atomic mass is 9.98. The first-order chi connectivity index (χ1) is 18.5. The standard InChI is InChI=1S/C30H37N3O5S/c1-6-16-33(27(7-2)30(37)38)29(36)20(3)18-23-11-13-24(14-12-23)32-28(35)15-10-21(4)31-26(22(5)34)19-25-9-8-17-39-25/h2,8-9,11-14,17,20,26-27,31H,4,6,10,15-16,18-19H2,1,3,5H3,(H,32,35)(H,37,38)/t20-,26+,27+/m0/s1. The summed E-state index contributed by atoms with van der Waals surface area (Å²) in [5.41, 5.74) is 2.12. The van der Waals surface area contributed by atoms with E-state index in [1.165, 1.54) is 11.8 Å². The summed E-state index contributed by atoms with van der Waals surface area (Å²) in [6.07, 6.45) is 7.53. The number of anilines is 1. The first kappa shape index (κ1) is 31.3. The fourth-order valence-corrected chi connectivity index (χ4v) is 4.83. The molecule has 1 aromatic heterocycles. The maximum Gasteiger partial charge on any atom is 0.339 e. The van der Waals surface area contributed by atoms with E-state index in [-0.39, 0.29) is 36.6 Å². The van der Waals surface area contributed by atoms with Gasteiger partial charge in [0.05, 0.1) is 6.04 Å². The number of carbonyl (C=O) groups excluding carboxylic acids is 3. The molecule has 208 valence electrons. The number of thiophene rings is 1. The molecule has 0 radical (unpaired) electrons. The van der Waals surface area contributed by atoms with Crippen molar-refractivity contribution in [1.29, 1.82) is 0 Å². The van der Waals surface area contributed by atoms with Crippen molar-refractivity contribution in [2.45, 2.75) is 65.0 Å². The predicted molar refractivity (Wildman–Crippen MR) is 154 cm³/mol. The Hall–Kier alpha value is -3.90. The van der Waals surface area contributed by atoms with Crippen LogP contribution in [0.25, 0.3) is 0 Å². The molecule has 1 aromatic carbocycles. The molecule has 2 amide bonds. The zero-order chi connectivity index (χ0) is 28.9. The molecule has 39 heavy (non-hydrogen) atoms. The summed E-state index contributed by atoms with van der Waals surface area (Å²) in [4.78, 5) is 51.3. The van der Waals surface area contributed by atoms with Crippen molar-refractivity contribution in [1.82, 2.24) is 10.2 Å². The Morgan fingerprint density at radius 3 is 2.36 bits per heavy atom. The van der Waals surface area contributed by atoms with Gasteiger partial charge in [0.2, 0.25) is 11.8 Å². The number of carbonyl (C=O) groups is 4. The number of amides is 2. The van der Waals surface area contributed by atoms with Crippen molar-refractivity contribution in [3.8, 4) is 12.3 Å². The third kappa shape index (κ3) is 10.1. The summed E-state index contributed by atoms with van der Waals surface area (Å²) in [5, 5.41) is 17.3. The van der Waals surface area contributed by atoms with Crippen LogP contribution in [0.1, 0.15) is 50.5 Å². The highest BCUT2D eigenvalue weighted by atomic mass is 32.1. The third-order valence-corrected chi connectivity index (χ3v) is 7.06. The quantitative estimate of drug-likeness (QED) is 0.268. The average Bonchev–Trinajstić information content (AvgIpc) is 3.40. The van der Waals surface area contributed by atoms with Gasteiger partial charge in [-0.25, -0.2) is 4.79 Å². The van der Waals surface area contributed by atoms with Crippen LogP contribution in [-0.4, -0.2) is 52.2 Å². The summed E-state index contributed by atoms with van der Waals surface area (Å²) >= 11 is 1.59. The number of Topliss-reactive ketones (excluding diaryl/α,β-unsaturated/α-hetero) is 1. The van der Waals surface area contributed by atoms with Crippen molar-refractivity contribution < 1.29 is 24.3 Å². The molecule has 0 bridgehead atoms. The van der Waals surface area contributed by atoms with Gasteiger partial charge >= 0.3 is 5.97 Å². The van der Waals surface area contributed by atoms with Crippen LogP contribution in [0.2, 0.25) is 0 Å². The number of terminal acetylenes is 1. The van der Waals surface area contributed by atoms with E-state index in [1.54, 1.807) is 30.4 Å². The molecule has 0 saturated heterocycles. The van der Waals surface area contributed by atoms with Crippen LogP contribution in [0.5, 0.6) is 0 Å². The molecule has 1 heterocycles. The zero-order valence-corrected chi connectivity index (χ0v) is 23.6. The Balaban J connectivity index is 1.86. The minimum Gasteiger partial charge on any atom is -0.479 e. The van der Waals surface area contributed by atoms with Gasteiger partial charge in [-0.15, -0.1) is 17.8 Å². The first-order valence-electron chi connectivity index (χ1n) is 12.9. The Labute approximate surface area is 234 Å². The number of rotatable bonds is 16. The zero-order valence-electron chi connectivity index (χ0n) is 22.7. The lowest BCUT2D eigenvalue weighted by molar-refractivity contribution is -0.149. The topological polar surface area (TPSA) is 116 Å². The van der Waals surface area contributed by atoms with Gasteiger partial charge in [0.15, 0.2) is 11.8 Å². The highest BCUT2D eigenvalue weighted by molar-refractivity contribution is 7.09. The van der Waals surface area contributed by atoms with Crippen molar-refractivity contribution in [2.24, 2.45) is 5.92 Å². The van der Waals surface area contributed by atoms with Gasteiger partial charge in [-0.2, -0.15) is 0 Å². The highest BCUT2D eigenvalue weighted by Gasteiger charge is 2.30. The van der Waals surface area contributed by atoms with Gasteiger partial charge in [-0.3, -0.25) is 14.4 Å². The molecule has 2 rings (SSSR count). The molecular formula is C30H37N3O5S. The lowest BCUT2D eigenvalue weighted by Gasteiger charge is -2.28. The van der Waals surface area contributed by atoms with Crippen LogP contribution in [0, 0.1) is 18.3 Å². The number of ketones is 1. The molecule has 2 aromatic rings. The van der Waals surface area contributed by atoms with Gasteiger partial charge in [0, 0.05) is 41.6 Å². The minimum atomic E-state index is -1.29. The second-order valence-corrected chi connectivity index (χ2v) is 10.5. The van der Waals surface area contributed by atoms with Crippen molar-refractivity contribution in [2.75, 3.05) is 11.9 Å². The molecule has 0 aliphatic rings. The summed E-state index contributed by atoms with van der Waals surface area (Å²) in [7, 11) is 0. The summed E-state index contributed by atoms with van der Waals surface area (Å²) in [5.74, 6) is 0.0265. The van der Waals surface area contributed by atoms with Gasteiger partial charge in [-0.1, -0.05) is 44.5 Å². The number of aliphatic carboxylic acids is 1. The minimum absolute atomic E-state index is 0.0148. The number of carboxylic acid groups (broad SMARTS) is 1. The van der Waals surface area contributed by atoms with E-state index in [9.17, 15) is 24.3 Å². The van der Waals surface area contributed by atoms with Crippen LogP contribution in [0.15, 0.2) is 54.1 Å². The normalized spacial score (nSPS) is 12.9. The molecule has 8 nitrogen and oxygen atoms in total. The maximum absolute atomic E-state index is 12.9. The van der Waals surface area contributed by atoms with Crippen molar-refractivity contribution in [3.63, 3.8) is 0 Å². The molecular weight excluding hydrogens is 514 g/mol. The van der Waals surface area contributed by atoms with E-state index in [1.807, 2.05) is 36.6 Å². The van der Waals surface area contributed by atoms with Crippen LogP contribution < -0.4 is 10.6 Å². The Morgan fingerprint density at radius 2 is 1.82 bits per heavy atom. The van der Waals surface area contributed by atoms with Crippen molar-refractivity contribution >= 4 is 40.6 Å². The fourth-order valence-electron chi connectivity index (χ4n) is 4.08. The number of hydrogen-bond donors (Lipinski definition) is 3. The first-order valence-corrected chi connectivity index (χ1v) is 13.8. The molecule has 0 aliphatic carbocycles. The Morgan fingerprint density at radius 1 is 1.13 bits per heavy atom. The second-order valence-electron chi connectivity index (χ2n) is 9.48. The van der Waals surface area contributed by atoms with Gasteiger partial charge in [0.25, 0.3) is 0 Å². The molecule has 0 fully saturated rings. The SMILES string of the molecule is C#C[C@H](C(=O)O)N(CCC)C(=O)[C@@H](C)Cc1ccc(NC(=O)CCC(=C)N[C@H](Cc2cccs2)C(C)=O)cc1. The largest absolute Gasteiger partial charge is 0.479 e. The van der Waals surface area contributed by atoms with E-state index in [0.29, 0.717) is 37.1 Å². The summed E-state index contributed by atoms with van der Waals surface area (Å²) in [6.45, 7) is 9.38. The molecule has 0 saturated carbocycles. The molecule has 0 unspecified atom stereocenters. The highest BCUT2D eigenvalue weighted by Crippen LogP contribution is 2.18. The van der Waals surface area contributed by atoms with Crippen LogP contribution in [0.4, 0.5) is 5.69 Å². The molecule has 0 spiro atoms. The van der Waals surface area contributed by atoms with Gasteiger partial charge in [0.1, 0.15) is 0 Å². The van der Waals surface area contributed by atoms with Crippen LogP contribution in [-0.2, 0) is 32.0 Å². The van der Waals surface area contributed by atoms with Crippen molar-refractivity contribution in [3.05, 3.63) is 64.5 Å².